The van der Waals surface area contributed by atoms with Crippen LogP contribution in [0.2, 0.25) is 0 Å². The van der Waals surface area contributed by atoms with E-state index >= 15 is 0 Å². The summed E-state index contributed by atoms with van der Waals surface area (Å²) >= 11 is 0. The molecule has 1 aliphatic heterocycles. The van der Waals surface area contributed by atoms with E-state index in [1.54, 1.807) is 12.1 Å². The van der Waals surface area contributed by atoms with Gasteiger partial charge in [0, 0.05) is 29.8 Å². The van der Waals surface area contributed by atoms with Crippen LogP contribution in [0.25, 0.3) is 0 Å². The molecule has 0 bridgehead atoms. The zero-order chi connectivity index (χ0) is 11.5. The van der Waals surface area contributed by atoms with Crippen molar-refractivity contribution >= 4 is 5.69 Å². The van der Waals surface area contributed by atoms with E-state index in [0.717, 1.165) is 25.9 Å². The topological polar surface area (TPSA) is 78.5 Å². The van der Waals surface area contributed by atoms with Gasteiger partial charge in [-0.05, 0) is 25.5 Å². The van der Waals surface area contributed by atoms with E-state index in [1.165, 1.54) is 6.07 Å². The largest absolute Gasteiger partial charge is 0.508 e. The van der Waals surface area contributed by atoms with Crippen LogP contribution in [-0.4, -0.2) is 23.3 Å². The molecule has 0 saturated carbocycles. The van der Waals surface area contributed by atoms with Gasteiger partial charge in [-0.2, -0.15) is 0 Å². The molecule has 88 valence electrons. The number of benzene rings is 1. The Morgan fingerprint density at radius 3 is 2.88 bits per heavy atom. The molecule has 0 radical (unpaired) electrons. The van der Waals surface area contributed by atoms with Crippen LogP contribution in [0.15, 0.2) is 18.2 Å². The Bertz CT molecular complexity index is 362. The normalized spacial score (nSPS) is 22.9. The Balaban J connectivity index is 2.15. The zero-order valence-electron chi connectivity index (χ0n) is 9.19. The van der Waals surface area contributed by atoms with Crippen LogP contribution >= 0.6 is 0 Å². The van der Waals surface area contributed by atoms with Crippen molar-refractivity contribution < 1.29 is 10.2 Å². The minimum atomic E-state index is -0.548. The number of nitrogens with one attached hydrogen (secondary N) is 1. The number of aliphatic hydroxyl groups is 1. The first-order valence-electron chi connectivity index (χ1n) is 5.65. The van der Waals surface area contributed by atoms with Crippen molar-refractivity contribution in [1.29, 1.82) is 0 Å². The Morgan fingerprint density at radius 2 is 2.25 bits per heavy atom. The summed E-state index contributed by atoms with van der Waals surface area (Å²) in [4.78, 5) is 0. The lowest BCUT2D eigenvalue weighted by atomic mass is 9.89. The summed E-state index contributed by atoms with van der Waals surface area (Å²) in [5, 5.41) is 22.7. The van der Waals surface area contributed by atoms with Gasteiger partial charge in [0.15, 0.2) is 0 Å². The monoisotopic (exact) mass is 222 g/mol. The summed E-state index contributed by atoms with van der Waals surface area (Å²) in [6.07, 6.45) is 1.54. The van der Waals surface area contributed by atoms with Crippen molar-refractivity contribution in [2.45, 2.75) is 18.9 Å². The molecule has 4 nitrogen and oxygen atoms in total. The molecule has 1 aromatic rings. The Kier molecular flexibility index (Phi) is 3.31. The number of piperidine rings is 1. The Morgan fingerprint density at radius 1 is 1.44 bits per heavy atom. The number of hydrogen-bond acceptors (Lipinski definition) is 4. The first-order chi connectivity index (χ1) is 7.68. The summed E-state index contributed by atoms with van der Waals surface area (Å²) in [5.74, 6) is 0.343. The van der Waals surface area contributed by atoms with Crippen LogP contribution in [0.5, 0.6) is 5.75 Å². The van der Waals surface area contributed by atoms with Crippen molar-refractivity contribution in [3.63, 3.8) is 0 Å². The second-order valence-electron chi connectivity index (χ2n) is 4.36. The number of phenolic OH excluding ortho intramolecular Hbond substituents is 1. The molecule has 4 heteroatoms. The van der Waals surface area contributed by atoms with Gasteiger partial charge in [-0.3, -0.25) is 0 Å². The van der Waals surface area contributed by atoms with E-state index < -0.39 is 6.10 Å². The van der Waals surface area contributed by atoms with Crippen molar-refractivity contribution in [3.05, 3.63) is 23.8 Å². The van der Waals surface area contributed by atoms with Crippen LogP contribution in [0.3, 0.4) is 0 Å². The second kappa shape index (κ2) is 4.72. The van der Waals surface area contributed by atoms with Gasteiger partial charge in [-0.1, -0.05) is 6.07 Å². The van der Waals surface area contributed by atoms with Gasteiger partial charge in [-0.15, -0.1) is 0 Å². The van der Waals surface area contributed by atoms with Crippen LogP contribution in [-0.2, 0) is 0 Å². The molecule has 0 spiro atoms. The minimum Gasteiger partial charge on any atom is -0.508 e. The van der Waals surface area contributed by atoms with Gasteiger partial charge in [0.05, 0.1) is 6.10 Å². The fourth-order valence-corrected chi connectivity index (χ4v) is 2.23. The molecular weight excluding hydrogens is 204 g/mol. The highest BCUT2D eigenvalue weighted by molar-refractivity contribution is 5.52. The number of hydrogen-bond donors (Lipinski definition) is 4. The maximum Gasteiger partial charge on any atom is 0.117 e. The summed E-state index contributed by atoms with van der Waals surface area (Å²) in [6.45, 7) is 1.84. The number of nitrogen functional groups attached to an aromatic ring is 1. The predicted molar refractivity (Wildman–Crippen MR) is 63.1 cm³/mol. The summed E-state index contributed by atoms with van der Waals surface area (Å²) in [7, 11) is 0. The van der Waals surface area contributed by atoms with Gasteiger partial charge >= 0.3 is 0 Å². The molecule has 0 aromatic heterocycles. The standard InChI is InChI=1S/C12H18N2O2/c13-11-6-9(15)3-4-10(11)12(16)8-2-1-5-14-7-8/h3-4,6,8,12,14-16H,1-2,5,7,13H2. The molecule has 0 amide bonds. The average molecular weight is 222 g/mol. The van der Waals surface area contributed by atoms with Gasteiger partial charge in [0.25, 0.3) is 0 Å². The molecular formula is C12H18N2O2. The maximum atomic E-state index is 10.2. The molecule has 5 N–H and O–H groups in total. The lowest BCUT2D eigenvalue weighted by Gasteiger charge is -2.28. The molecule has 2 unspecified atom stereocenters. The number of nitrogens with two attached hydrogens (primary N) is 1. The summed E-state index contributed by atoms with van der Waals surface area (Å²) in [5.41, 5.74) is 6.96. The SMILES string of the molecule is Nc1cc(O)ccc1C(O)C1CCCNC1. The van der Waals surface area contributed by atoms with Crippen molar-refractivity contribution in [1.82, 2.24) is 5.32 Å². The fraction of sp³-hybridized carbons (Fsp3) is 0.500. The lowest BCUT2D eigenvalue weighted by molar-refractivity contribution is 0.0928. The number of rotatable bonds is 2. The number of anilines is 1. The van der Waals surface area contributed by atoms with Crippen LogP contribution in [0.4, 0.5) is 5.69 Å². The summed E-state index contributed by atoms with van der Waals surface area (Å²) < 4.78 is 0. The van der Waals surface area contributed by atoms with E-state index in [9.17, 15) is 10.2 Å². The lowest BCUT2D eigenvalue weighted by Crippen LogP contribution is -2.33. The number of phenols is 1. The average Bonchev–Trinajstić information content (AvgIpc) is 2.29. The molecule has 1 aromatic carbocycles. The minimum absolute atomic E-state index is 0.134. The van der Waals surface area contributed by atoms with E-state index in [1.807, 2.05) is 0 Å². The molecule has 1 aliphatic rings. The molecule has 1 saturated heterocycles. The third kappa shape index (κ3) is 2.28. The smallest absolute Gasteiger partial charge is 0.117 e. The highest BCUT2D eigenvalue weighted by atomic mass is 16.3. The van der Waals surface area contributed by atoms with E-state index in [0.29, 0.717) is 11.3 Å². The van der Waals surface area contributed by atoms with Crippen molar-refractivity contribution in [2.75, 3.05) is 18.8 Å². The first kappa shape index (κ1) is 11.2. The number of aliphatic hydroxyl groups excluding tert-OH is 1. The van der Waals surface area contributed by atoms with Gasteiger partial charge in [0.2, 0.25) is 0 Å². The zero-order valence-corrected chi connectivity index (χ0v) is 9.19. The Labute approximate surface area is 95.1 Å². The van der Waals surface area contributed by atoms with Gasteiger partial charge in [-0.25, -0.2) is 0 Å². The van der Waals surface area contributed by atoms with Crippen molar-refractivity contribution in [2.24, 2.45) is 5.92 Å². The predicted octanol–water partition coefficient (Wildman–Crippen LogP) is 1.01. The van der Waals surface area contributed by atoms with Gasteiger partial charge < -0.3 is 21.3 Å². The Hall–Kier alpha value is -1.26. The third-order valence-electron chi connectivity index (χ3n) is 3.17. The van der Waals surface area contributed by atoms with Crippen LogP contribution < -0.4 is 11.1 Å². The first-order valence-corrected chi connectivity index (χ1v) is 5.65. The number of aromatic hydroxyl groups is 1. The van der Waals surface area contributed by atoms with E-state index in [4.69, 9.17) is 5.73 Å². The second-order valence-corrected chi connectivity index (χ2v) is 4.36. The van der Waals surface area contributed by atoms with Crippen molar-refractivity contribution in [3.8, 4) is 5.75 Å². The molecule has 16 heavy (non-hydrogen) atoms. The highest BCUT2D eigenvalue weighted by Gasteiger charge is 2.24. The fourth-order valence-electron chi connectivity index (χ4n) is 2.23. The van der Waals surface area contributed by atoms with Crippen LogP contribution in [0.1, 0.15) is 24.5 Å². The quantitative estimate of drug-likeness (QED) is 0.563. The van der Waals surface area contributed by atoms with E-state index in [-0.39, 0.29) is 11.7 Å². The molecule has 2 atom stereocenters. The molecule has 2 rings (SSSR count). The van der Waals surface area contributed by atoms with Gasteiger partial charge in [0.1, 0.15) is 5.75 Å². The van der Waals surface area contributed by atoms with Crippen LogP contribution in [0, 0.1) is 5.92 Å². The van der Waals surface area contributed by atoms with E-state index in [2.05, 4.69) is 5.32 Å². The highest BCUT2D eigenvalue weighted by Crippen LogP contribution is 2.32. The molecule has 1 heterocycles. The summed E-state index contributed by atoms with van der Waals surface area (Å²) in [6, 6.07) is 4.74. The third-order valence-corrected chi connectivity index (χ3v) is 3.17. The molecule has 1 fully saturated rings. The molecule has 0 aliphatic carbocycles. The maximum absolute atomic E-state index is 10.2.